The van der Waals surface area contributed by atoms with Gasteiger partial charge in [-0.05, 0) is 81.7 Å². The number of fused-ring (bicyclic) bond motifs is 1. The molecule has 0 saturated carbocycles. The summed E-state index contributed by atoms with van der Waals surface area (Å²) in [5, 5.41) is 7.17. The second-order valence-electron chi connectivity index (χ2n) is 9.16. The lowest BCUT2D eigenvalue weighted by Gasteiger charge is -2.32. The summed E-state index contributed by atoms with van der Waals surface area (Å²) in [5.41, 5.74) is 7.28. The number of piperazine rings is 1. The van der Waals surface area contributed by atoms with Crippen molar-refractivity contribution in [3.8, 4) is 0 Å². The molecule has 0 unspecified atom stereocenters. The molecule has 32 heavy (non-hydrogen) atoms. The van der Waals surface area contributed by atoms with Crippen LogP contribution in [0.5, 0.6) is 0 Å². The second-order valence-corrected chi connectivity index (χ2v) is 9.16. The molecule has 0 radical (unpaired) electrons. The third-order valence-corrected chi connectivity index (χ3v) is 6.38. The number of rotatable bonds is 9. The zero-order valence-electron chi connectivity index (χ0n) is 20.1. The molecule has 0 amide bonds. The van der Waals surface area contributed by atoms with E-state index in [-0.39, 0.29) is 0 Å². The van der Waals surface area contributed by atoms with Gasteiger partial charge in [0, 0.05) is 51.5 Å². The van der Waals surface area contributed by atoms with Crippen LogP contribution in [0.4, 0.5) is 11.6 Å². The Morgan fingerprint density at radius 3 is 2.41 bits per heavy atom. The topological polar surface area (TPSA) is 48.4 Å². The van der Waals surface area contributed by atoms with E-state index in [2.05, 4.69) is 89.2 Å². The molecule has 1 saturated heterocycles. The van der Waals surface area contributed by atoms with E-state index >= 15 is 0 Å². The van der Waals surface area contributed by atoms with E-state index in [1.165, 1.54) is 54.1 Å². The van der Waals surface area contributed by atoms with E-state index < -0.39 is 0 Å². The van der Waals surface area contributed by atoms with E-state index in [1.807, 2.05) is 0 Å². The minimum absolute atomic E-state index is 0.807. The Labute approximate surface area is 192 Å². The van der Waals surface area contributed by atoms with Crippen molar-refractivity contribution in [3.63, 3.8) is 0 Å². The first-order chi connectivity index (χ1) is 15.5. The van der Waals surface area contributed by atoms with Crippen molar-refractivity contribution in [1.29, 1.82) is 0 Å². The van der Waals surface area contributed by atoms with Crippen LogP contribution in [-0.2, 0) is 13.1 Å². The highest BCUT2D eigenvalue weighted by Gasteiger charge is 2.14. The van der Waals surface area contributed by atoms with E-state index in [4.69, 9.17) is 4.98 Å². The lowest BCUT2D eigenvalue weighted by atomic mass is 10.1. The van der Waals surface area contributed by atoms with Gasteiger partial charge < -0.3 is 25.0 Å². The summed E-state index contributed by atoms with van der Waals surface area (Å²) in [6.07, 6.45) is 1.14. The molecule has 2 heterocycles. The number of benzene rings is 2. The number of likely N-dealkylation sites (N-methyl/N-ethyl adjacent to an activating group) is 1. The van der Waals surface area contributed by atoms with Gasteiger partial charge in [0.1, 0.15) is 0 Å². The number of nitrogens with zero attached hydrogens (tertiary/aromatic N) is 4. The Hall–Kier alpha value is -2.57. The van der Waals surface area contributed by atoms with Crippen LogP contribution in [0.1, 0.15) is 30.0 Å². The quantitative estimate of drug-likeness (QED) is 0.491. The van der Waals surface area contributed by atoms with Crippen LogP contribution in [0, 0.1) is 13.8 Å². The van der Waals surface area contributed by atoms with Crippen LogP contribution >= 0.6 is 0 Å². The molecule has 172 valence electrons. The maximum atomic E-state index is 4.87. The summed E-state index contributed by atoms with van der Waals surface area (Å²) < 4.78 is 2.30. The van der Waals surface area contributed by atoms with Crippen molar-refractivity contribution in [3.05, 3.63) is 53.1 Å². The maximum absolute atomic E-state index is 4.87. The van der Waals surface area contributed by atoms with Gasteiger partial charge in [-0.2, -0.15) is 0 Å². The lowest BCUT2D eigenvalue weighted by molar-refractivity contribution is 0.154. The van der Waals surface area contributed by atoms with Crippen LogP contribution in [0.3, 0.4) is 0 Å². The van der Waals surface area contributed by atoms with E-state index in [9.17, 15) is 0 Å². The first-order valence-corrected chi connectivity index (χ1v) is 12.0. The number of hydrogen-bond donors (Lipinski definition) is 2. The average molecular weight is 435 g/mol. The Bertz CT molecular complexity index is 1010. The number of aryl methyl sites for hydroxylation is 3. The number of aromatic nitrogens is 2. The summed E-state index contributed by atoms with van der Waals surface area (Å²) in [5.74, 6) is 0.986. The van der Waals surface area contributed by atoms with Gasteiger partial charge in [-0.1, -0.05) is 12.1 Å². The highest BCUT2D eigenvalue weighted by atomic mass is 15.2. The predicted molar refractivity (Wildman–Crippen MR) is 136 cm³/mol. The Morgan fingerprint density at radius 1 is 0.938 bits per heavy atom. The van der Waals surface area contributed by atoms with Crippen molar-refractivity contribution in [2.45, 2.75) is 40.3 Å². The van der Waals surface area contributed by atoms with Gasteiger partial charge in [0.15, 0.2) is 0 Å². The molecule has 6 nitrogen and oxygen atoms in total. The van der Waals surface area contributed by atoms with Crippen molar-refractivity contribution in [2.24, 2.45) is 0 Å². The zero-order valence-corrected chi connectivity index (χ0v) is 20.1. The number of imidazole rings is 1. The maximum Gasteiger partial charge on any atom is 0.203 e. The molecule has 4 rings (SSSR count). The minimum Gasteiger partial charge on any atom is -0.381 e. The molecule has 0 atom stereocenters. The van der Waals surface area contributed by atoms with Crippen LogP contribution in [-0.4, -0.2) is 65.7 Å². The van der Waals surface area contributed by atoms with E-state index in [1.54, 1.807) is 0 Å². The summed E-state index contributed by atoms with van der Waals surface area (Å²) in [7, 11) is 2.21. The summed E-state index contributed by atoms with van der Waals surface area (Å²) in [4.78, 5) is 9.85. The molecule has 1 aliphatic heterocycles. The molecule has 6 heteroatoms. The van der Waals surface area contributed by atoms with Gasteiger partial charge in [0.05, 0.1) is 11.0 Å². The molecule has 3 aromatic rings. The molecular weight excluding hydrogens is 396 g/mol. The van der Waals surface area contributed by atoms with Gasteiger partial charge in [-0.25, -0.2) is 4.98 Å². The van der Waals surface area contributed by atoms with E-state index in [0.717, 1.165) is 44.1 Å². The smallest absolute Gasteiger partial charge is 0.203 e. The Morgan fingerprint density at radius 2 is 1.69 bits per heavy atom. The molecule has 2 aromatic carbocycles. The van der Waals surface area contributed by atoms with Crippen LogP contribution in [0.2, 0.25) is 0 Å². The average Bonchev–Trinajstić information content (AvgIpc) is 3.12. The first-order valence-electron chi connectivity index (χ1n) is 12.0. The minimum atomic E-state index is 0.807. The van der Waals surface area contributed by atoms with Gasteiger partial charge >= 0.3 is 0 Å². The summed E-state index contributed by atoms with van der Waals surface area (Å²) in [6, 6.07) is 13.2. The largest absolute Gasteiger partial charge is 0.381 e. The molecule has 0 spiro atoms. The van der Waals surface area contributed by atoms with Crippen LogP contribution in [0.15, 0.2) is 36.4 Å². The molecule has 1 aliphatic rings. The predicted octanol–water partition coefficient (Wildman–Crippen LogP) is 4.33. The van der Waals surface area contributed by atoms with Crippen molar-refractivity contribution in [1.82, 2.24) is 19.4 Å². The van der Waals surface area contributed by atoms with Crippen molar-refractivity contribution < 1.29 is 0 Å². The van der Waals surface area contributed by atoms with E-state index in [0.29, 0.717) is 0 Å². The van der Waals surface area contributed by atoms with Crippen LogP contribution in [0.25, 0.3) is 11.0 Å². The van der Waals surface area contributed by atoms with Crippen LogP contribution < -0.4 is 10.6 Å². The third-order valence-electron chi connectivity index (χ3n) is 6.38. The highest BCUT2D eigenvalue weighted by molar-refractivity contribution is 5.79. The number of anilines is 2. The van der Waals surface area contributed by atoms with Gasteiger partial charge in [-0.15, -0.1) is 0 Å². The Kier molecular flexibility index (Phi) is 7.33. The molecule has 0 aliphatic carbocycles. The normalized spacial score (nSPS) is 15.4. The van der Waals surface area contributed by atoms with Crippen molar-refractivity contribution >= 4 is 22.7 Å². The first kappa shape index (κ1) is 22.6. The van der Waals surface area contributed by atoms with Gasteiger partial charge in [-0.3, -0.25) is 0 Å². The standard InChI is InChI=1S/C26H38N6/c1-5-32-25-18-22(19-28-23-16-20(2)15-21(3)17-23)7-8-24(25)29-26(32)27-9-6-10-31-13-11-30(4)12-14-31/h7-8,15-18,28H,5-6,9-14,19H2,1-4H3,(H,27,29). The monoisotopic (exact) mass is 434 g/mol. The molecule has 2 N–H and O–H groups in total. The second kappa shape index (κ2) is 10.4. The fourth-order valence-corrected chi connectivity index (χ4v) is 4.59. The number of hydrogen-bond acceptors (Lipinski definition) is 5. The highest BCUT2D eigenvalue weighted by Crippen LogP contribution is 2.22. The fraction of sp³-hybridized carbons (Fsp3) is 0.500. The lowest BCUT2D eigenvalue weighted by Crippen LogP contribution is -2.44. The molecular formula is C26H38N6. The SMILES string of the molecule is CCn1c(NCCCN2CCN(C)CC2)nc2ccc(CNc3cc(C)cc(C)c3)cc21. The molecule has 1 aromatic heterocycles. The summed E-state index contributed by atoms with van der Waals surface area (Å²) >= 11 is 0. The molecule has 1 fully saturated rings. The fourth-order valence-electron chi connectivity index (χ4n) is 4.59. The van der Waals surface area contributed by atoms with Gasteiger partial charge in [0.2, 0.25) is 5.95 Å². The number of nitrogens with one attached hydrogen (secondary N) is 2. The van der Waals surface area contributed by atoms with Gasteiger partial charge in [0.25, 0.3) is 0 Å². The summed E-state index contributed by atoms with van der Waals surface area (Å²) in [6.45, 7) is 15.0. The third kappa shape index (κ3) is 5.61. The van der Waals surface area contributed by atoms with Crippen molar-refractivity contribution in [2.75, 3.05) is 56.9 Å². The Balaban J connectivity index is 1.36. The molecule has 0 bridgehead atoms. The zero-order chi connectivity index (χ0) is 22.5.